The molecule has 1 N–H and O–H groups in total. The monoisotopic (exact) mass is 498 g/mol. The molecule has 2 aromatic carbocycles. The fourth-order valence-corrected chi connectivity index (χ4v) is 4.00. The number of methoxy groups -OCH3 is 1. The molecule has 1 heterocycles. The van der Waals surface area contributed by atoms with E-state index < -0.39 is 5.54 Å². The van der Waals surface area contributed by atoms with Crippen LogP contribution >= 0.6 is 11.6 Å². The second kappa shape index (κ2) is 11.2. The lowest BCUT2D eigenvalue weighted by Crippen LogP contribution is -2.52. The Labute approximate surface area is 213 Å². The number of urea groups is 1. The quantitative estimate of drug-likeness (QED) is 0.577. The minimum atomic E-state index is -0.431. The molecule has 0 saturated carbocycles. The maximum absolute atomic E-state index is 13.6. The molecule has 0 saturated heterocycles. The second-order valence-electron chi connectivity index (χ2n) is 9.95. The molecule has 35 heavy (non-hydrogen) atoms. The van der Waals surface area contributed by atoms with Gasteiger partial charge in [-0.05, 0) is 75.1 Å². The highest BCUT2D eigenvalue weighted by Gasteiger charge is 2.34. The van der Waals surface area contributed by atoms with Crippen LogP contribution in [0.2, 0.25) is 5.02 Å². The van der Waals surface area contributed by atoms with Gasteiger partial charge in [-0.15, -0.1) is 0 Å². The molecule has 3 amide bonds. The van der Waals surface area contributed by atoms with Gasteiger partial charge < -0.3 is 15.0 Å². The standard InChI is InChI=1S/C27H35ClN4O3/c1-18-7-8-21(15-19(18)2)23-16-24(20-9-11-22(28)12-10-20)32(30-23)25(33)17-31(13-14-35-6)26(34)29-27(3,4)5/h7-12,15,24H,13-14,16-17H2,1-6H3,(H,29,34). The van der Waals surface area contributed by atoms with Gasteiger partial charge in [-0.1, -0.05) is 35.9 Å². The Morgan fingerprint density at radius 2 is 1.83 bits per heavy atom. The predicted molar refractivity (Wildman–Crippen MR) is 140 cm³/mol. The zero-order valence-corrected chi connectivity index (χ0v) is 22.1. The summed E-state index contributed by atoms with van der Waals surface area (Å²) in [5.41, 5.74) is 4.70. The zero-order valence-electron chi connectivity index (χ0n) is 21.4. The first-order valence-corrected chi connectivity index (χ1v) is 12.1. The van der Waals surface area contributed by atoms with Crippen molar-refractivity contribution in [3.63, 3.8) is 0 Å². The molecule has 0 bridgehead atoms. The van der Waals surface area contributed by atoms with E-state index in [1.807, 2.05) is 51.1 Å². The molecule has 1 aliphatic heterocycles. The lowest BCUT2D eigenvalue weighted by atomic mass is 9.96. The summed E-state index contributed by atoms with van der Waals surface area (Å²) >= 11 is 6.11. The van der Waals surface area contributed by atoms with Crippen LogP contribution in [0.25, 0.3) is 0 Å². The van der Waals surface area contributed by atoms with E-state index in [1.165, 1.54) is 21.0 Å². The van der Waals surface area contributed by atoms with Gasteiger partial charge in [0, 0.05) is 30.6 Å². The number of carbonyl (C=O) groups is 2. The first-order chi connectivity index (χ1) is 16.5. The SMILES string of the molecule is COCCN(CC(=O)N1N=C(c2ccc(C)c(C)c2)CC1c1ccc(Cl)cc1)C(=O)NC(C)(C)C. The first kappa shape index (κ1) is 26.7. The van der Waals surface area contributed by atoms with Crippen molar-refractivity contribution in [3.05, 3.63) is 69.7 Å². The number of hydrazone groups is 1. The van der Waals surface area contributed by atoms with Crippen molar-refractivity contribution in [2.24, 2.45) is 5.10 Å². The second-order valence-corrected chi connectivity index (χ2v) is 10.4. The van der Waals surface area contributed by atoms with Crippen LogP contribution in [-0.4, -0.2) is 59.9 Å². The molecular weight excluding hydrogens is 464 g/mol. The van der Waals surface area contributed by atoms with Crippen molar-refractivity contribution in [1.29, 1.82) is 0 Å². The highest BCUT2D eigenvalue weighted by atomic mass is 35.5. The lowest BCUT2D eigenvalue weighted by Gasteiger charge is -2.30. The van der Waals surface area contributed by atoms with E-state index in [2.05, 4.69) is 31.3 Å². The van der Waals surface area contributed by atoms with Gasteiger partial charge >= 0.3 is 6.03 Å². The van der Waals surface area contributed by atoms with Crippen molar-refractivity contribution in [1.82, 2.24) is 15.2 Å². The van der Waals surface area contributed by atoms with Crippen LogP contribution in [0.3, 0.4) is 0 Å². The molecule has 3 rings (SSSR count). The van der Waals surface area contributed by atoms with Crippen molar-refractivity contribution in [2.75, 3.05) is 26.8 Å². The summed E-state index contributed by atoms with van der Waals surface area (Å²) < 4.78 is 5.17. The van der Waals surface area contributed by atoms with E-state index >= 15 is 0 Å². The number of aryl methyl sites for hydroxylation is 2. The molecule has 188 valence electrons. The molecule has 0 aromatic heterocycles. The van der Waals surface area contributed by atoms with Crippen LogP contribution in [0.15, 0.2) is 47.6 Å². The lowest BCUT2D eigenvalue weighted by molar-refractivity contribution is -0.133. The van der Waals surface area contributed by atoms with E-state index in [4.69, 9.17) is 21.4 Å². The van der Waals surface area contributed by atoms with Crippen LogP contribution < -0.4 is 5.32 Å². The van der Waals surface area contributed by atoms with Crippen LogP contribution in [0, 0.1) is 13.8 Å². The van der Waals surface area contributed by atoms with Gasteiger partial charge in [0.05, 0.1) is 18.4 Å². The summed E-state index contributed by atoms with van der Waals surface area (Å²) in [6.45, 7) is 10.3. The third-order valence-electron chi connectivity index (χ3n) is 5.92. The Morgan fingerprint density at radius 1 is 1.14 bits per heavy atom. The molecule has 1 atom stereocenters. The third kappa shape index (κ3) is 7.05. The van der Waals surface area contributed by atoms with Gasteiger partial charge in [0.15, 0.2) is 0 Å². The molecule has 2 aromatic rings. The van der Waals surface area contributed by atoms with Gasteiger partial charge in [-0.25, -0.2) is 9.80 Å². The Bertz CT molecular complexity index is 1090. The number of ether oxygens (including phenoxy) is 1. The van der Waals surface area contributed by atoms with Crippen LogP contribution in [0.1, 0.15) is 55.5 Å². The summed E-state index contributed by atoms with van der Waals surface area (Å²) in [7, 11) is 1.57. The van der Waals surface area contributed by atoms with Crippen LogP contribution in [0.5, 0.6) is 0 Å². The number of halogens is 1. The average Bonchev–Trinajstić information content (AvgIpc) is 3.23. The largest absolute Gasteiger partial charge is 0.383 e. The van der Waals surface area contributed by atoms with Gasteiger partial charge in [0.2, 0.25) is 0 Å². The van der Waals surface area contributed by atoms with Crippen LogP contribution in [-0.2, 0) is 9.53 Å². The van der Waals surface area contributed by atoms with Gasteiger partial charge in [0.1, 0.15) is 6.54 Å². The molecule has 1 unspecified atom stereocenters. The molecule has 8 heteroatoms. The highest BCUT2D eigenvalue weighted by Crippen LogP contribution is 2.34. The fourth-order valence-electron chi connectivity index (χ4n) is 3.87. The van der Waals surface area contributed by atoms with E-state index in [-0.39, 0.29) is 31.1 Å². The predicted octanol–water partition coefficient (Wildman–Crippen LogP) is 5.09. The Hall–Kier alpha value is -2.90. The maximum Gasteiger partial charge on any atom is 0.318 e. The van der Waals surface area contributed by atoms with Gasteiger partial charge in [-0.3, -0.25) is 4.79 Å². The van der Waals surface area contributed by atoms with E-state index in [0.29, 0.717) is 18.1 Å². The number of carbonyl (C=O) groups excluding carboxylic acids is 2. The normalized spacial score (nSPS) is 15.7. The number of benzene rings is 2. The maximum atomic E-state index is 13.6. The van der Waals surface area contributed by atoms with Gasteiger partial charge in [-0.2, -0.15) is 5.10 Å². The molecule has 0 radical (unpaired) electrons. The number of amides is 3. The van der Waals surface area contributed by atoms with Crippen molar-refractivity contribution < 1.29 is 14.3 Å². The summed E-state index contributed by atoms with van der Waals surface area (Å²) in [6, 6.07) is 13.1. The number of nitrogens with zero attached hydrogens (tertiary/aromatic N) is 3. The number of hydrogen-bond acceptors (Lipinski definition) is 4. The number of nitrogens with one attached hydrogen (secondary N) is 1. The van der Waals surface area contributed by atoms with Crippen molar-refractivity contribution >= 4 is 29.3 Å². The number of rotatable bonds is 7. The summed E-state index contributed by atoms with van der Waals surface area (Å²) in [5.74, 6) is -0.260. The fraction of sp³-hybridized carbons (Fsp3) is 0.444. The highest BCUT2D eigenvalue weighted by molar-refractivity contribution is 6.30. The average molecular weight is 499 g/mol. The van der Waals surface area contributed by atoms with E-state index in [0.717, 1.165) is 16.8 Å². The first-order valence-electron chi connectivity index (χ1n) is 11.8. The molecule has 0 fully saturated rings. The smallest absolute Gasteiger partial charge is 0.318 e. The molecule has 1 aliphatic rings. The zero-order chi connectivity index (χ0) is 25.8. The molecule has 0 spiro atoms. The Balaban J connectivity index is 1.91. The summed E-state index contributed by atoms with van der Waals surface area (Å²) in [5, 5.41) is 9.82. The van der Waals surface area contributed by atoms with E-state index in [9.17, 15) is 9.59 Å². The molecule has 0 aliphatic carbocycles. The molecular formula is C27H35ClN4O3. The van der Waals surface area contributed by atoms with Crippen molar-refractivity contribution in [2.45, 2.75) is 52.6 Å². The topological polar surface area (TPSA) is 74.2 Å². The molecule has 7 nitrogen and oxygen atoms in total. The Morgan fingerprint density at radius 3 is 2.43 bits per heavy atom. The Kier molecular flexibility index (Phi) is 8.56. The third-order valence-corrected chi connectivity index (χ3v) is 6.17. The minimum absolute atomic E-state index is 0.112. The van der Waals surface area contributed by atoms with Crippen molar-refractivity contribution in [3.8, 4) is 0 Å². The van der Waals surface area contributed by atoms with E-state index in [1.54, 1.807) is 7.11 Å². The number of hydrogen-bond donors (Lipinski definition) is 1. The van der Waals surface area contributed by atoms with Crippen LogP contribution in [0.4, 0.5) is 4.79 Å². The summed E-state index contributed by atoms with van der Waals surface area (Å²) in [6.07, 6.45) is 0.572. The van der Waals surface area contributed by atoms with Gasteiger partial charge in [0.25, 0.3) is 5.91 Å². The minimum Gasteiger partial charge on any atom is -0.383 e. The summed E-state index contributed by atoms with van der Waals surface area (Å²) in [4.78, 5) is 27.9.